The number of allylic oxidation sites excluding steroid dienone is 4. The minimum atomic E-state index is -0.352. The minimum absolute atomic E-state index is 0.0958. The molecule has 0 aromatic heterocycles. The summed E-state index contributed by atoms with van der Waals surface area (Å²) in [4.78, 5) is 0. The molecule has 132 valence electrons. The Labute approximate surface area is 150 Å². The summed E-state index contributed by atoms with van der Waals surface area (Å²) in [7, 11) is 0. The zero-order valence-electron chi connectivity index (χ0n) is 14.8. The first-order chi connectivity index (χ1) is 11.7. The number of hydrogen-bond acceptors (Lipinski definition) is 1. The number of benzene rings is 1. The van der Waals surface area contributed by atoms with Crippen LogP contribution in [-0.4, -0.2) is 6.61 Å². The van der Waals surface area contributed by atoms with E-state index in [1.807, 2.05) is 6.92 Å². The van der Waals surface area contributed by atoms with Crippen LogP contribution in [0.3, 0.4) is 0 Å². The Kier molecular flexibility index (Phi) is 7.84. The highest BCUT2D eigenvalue weighted by atomic mass is 35.5. The maximum absolute atomic E-state index is 14.5. The molecule has 1 unspecified atom stereocenters. The lowest BCUT2D eigenvalue weighted by Gasteiger charge is -2.22. The third kappa shape index (κ3) is 5.11. The number of unbranched alkanes of at least 4 members (excludes halogenated alkanes) is 1. The molecule has 1 nitrogen and oxygen atoms in total. The third-order valence-electron chi connectivity index (χ3n) is 4.58. The van der Waals surface area contributed by atoms with Gasteiger partial charge in [-0.05, 0) is 69.1 Å². The smallest absolute Gasteiger partial charge is 0.153 e. The van der Waals surface area contributed by atoms with Gasteiger partial charge < -0.3 is 4.74 Å². The van der Waals surface area contributed by atoms with Gasteiger partial charge in [0, 0.05) is 5.56 Å². The largest absolute Gasteiger partial charge is 0.492 e. The van der Waals surface area contributed by atoms with E-state index in [-0.39, 0.29) is 10.8 Å². The third-order valence-corrected chi connectivity index (χ3v) is 4.93. The molecular formula is C21H28ClFO. The van der Waals surface area contributed by atoms with Crippen molar-refractivity contribution in [2.75, 3.05) is 6.61 Å². The van der Waals surface area contributed by atoms with Crippen LogP contribution in [0.1, 0.15) is 64.4 Å². The van der Waals surface area contributed by atoms with Crippen molar-refractivity contribution in [3.05, 3.63) is 46.8 Å². The van der Waals surface area contributed by atoms with Crippen molar-refractivity contribution in [2.24, 2.45) is 5.92 Å². The summed E-state index contributed by atoms with van der Waals surface area (Å²) in [6.07, 6.45) is 14.6. The summed E-state index contributed by atoms with van der Waals surface area (Å²) in [5.74, 6) is 0.782. The summed E-state index contributed by atoms with van der Waals surface area (Å²) in [5.41, 5.74) is 1.71. The molecule has 1 aliphatic carbocycles. The first-order valence-electron chi connectivity index (χ1n) is 9.12. The molecule has 3 heteroatoms. The second-order valence-corrected chi connectivity index (χ2v) is 6.76. The van der Waals surface area contributed by atoms with Gasteiger partial charge in [0.1, 0.15) is 10.8 Å². The predicted octanol–water partition coefficient (Wildman–Crippen LogP) is 7.20. The summed E-state index contributed by atoms with van der Waals surface area (Å²) in [5, 5.41) is 0.0958. The molecule has 1 atom stereocenters. The highest BCUT2D eigenvalue weighted by Crippen LogP contribution is 2.37. The lowest BCUT2D eigenvalue weighted by atomic mass is 9.84. The van der Waals surface area contributed by atoms with Gasteiger partial charge in [0.05, 0.1) is 6.61 Å². The second-order valence-electron chi connectivity index (χ2n) is 6.38. The van der Waals surface area contributed by atoms with Gasteiger partial charge in [-0.25, -0.2) is 4.39 Å². The van der Waals surface area contributed by atoms with Crippen molar-refractivity contribution in [3.8, 4) is 5.75 Å². The van der Waals surface area contributed by atoms with Gasteiger partial charge in [-0.15, -0.1) is 0 Å². The van der Waals surface area contributed by atoms with Crippen LogP contribution in [0.2, 0.25) is 5.02 Å². The van der Waals surface area contributed by atoms with Crippen molar-refractivity contribution >= 4 is 17.2 Å². The van der Waals surface area contributed by atoms with Crippen LogP contribution in [0.15, 0.2) is 30.4 Å². The van der Waals surface area contributed by atoms with Gasteiger partial charge in [-0.3, -0.25) is 0 Å². The molecule has 0 spiro atoms. The molecule has 1 aliphatic rings. The fraction of sp³-hybridized carbons (Fsp3) is 0.524. The molecule has 1 aromatic carbocycles. The topological polar surface area (TPSA) is 9.23 Å². The van der Waals surface area contributed by atoms with Crippen LogP contribution < -0.4 is 4.74 Å². The lowest BCUT2D eigenvalue weighted by molar-refractivity contribution is 0.338. The Balaban J connectivity index is 1.96. The van der Waals surface area contributed by atoms with E-state index in [4.69, 9.17) is 16.3 Å². The van der Waals surface area contributed by atoms with E-state index < -0.39 is 0 Å². The second kappa shape index (κ2) is 9.88. The quantitative estimate of drug-likeness (QED) is 0.450. The van der Waals surface area contributed by atoms with E-state index in [9.17, 15) is 4.39 Å². The molecule has 0 radical (unpaired) electrons. The molecule has 1 aromatic rings. The van der Waals surface area contributed by atoms with Gasteiger partial charge in [-0.1, -0.05) is 43.2 Å². The maximum atomic E-state index is 14.5. The van der Waals surface area contributed by atoms with Crippen molar-refractivity contribution in [1.29, 1.82) is 0 Å². The Morgan fingerprint density at radius 3 is 2.71 bits per heavy atom. The van der Waals surface area contributed by atoms with E-state index in [0.717, 1.165) is 31.3 Å². The maximum Gasteiger partial charge on any atom is 0.153 e. The Morgan fingerprint density at radius 1 is 1.25 bits per heavy atom. The SMILES string of the molecule is CCCC=CCCC1CC=C(c2ccc(OCC)c(Cl)c2F)CC1. The van der Waals surface area contributed by atoms with Crippen molar-refractivity contribution < 1.29 is 9.13 Å². The first kappa shape index (κ1) is 19.1. The van der Waals surface area contributed by atoms with Crippen molar-refractivity contribution in [3.63, 3.8) is 0 Å². The zero-order chi connectivity index (χ0) is 17.4. The Morgan fingerprint density at radius 2 is 2.04 bits per heavy atom. The minimum Gasteiger partial charge on any atom is -0.492 e. The predicted molar refractivity (Wildman–Crippen MR) is 101 cm³/mol. The molecular weight excluding hydrogens is 323 g/mol. The van der Waals surface area contributed by atoms with Gasteiger partial charge >= 0.3 is 0 Å². The monoisotopic (exact) mass is 350 g/mol. The number of halogens is 2. The molecule has 0 heterocycles. The molecule has 0 bridgehead atoms. The average molecular weight is 351 g/mol. The molecule has 0 amide bonds. The Bertz CT molecular complexity index is 592. The standard InChI is InChI=1S/C21H28ClFO/c1-3-5-6-7-8-9-16-10-12-17(13-11-16)18-14-15-19(24-4-2)20(22)21(18)23/h6-7,12,14-16H,3-5,8-11,13H2,1-2H3. The summed E-state index contributed by atoms with van der Waals surface area (Å²) in [6, 6.07) is 3.57. The van der Waals surface area contributed by atoms with Crippen LogP contribution in [0.5, 0.6) is 5.75 Å². The molecule has 0 saturated carbocycles. The van der Waals surface area contributed by atoms with Crippen LogP contribution in [0.4, 0.5) is 4.39 Å². The van der Waals surface area contributed by atoms with E-state index in [1.165, 1.54) is 19.3 Å². The fourth-order valence-electron chi connectivity index (χ4n) is 3.18. The van der Waals surface area contributed by atoms with Gasteiger partial charge in [0.15, 0.2) is 5.82 Å². The summed E-state index contributed by atoms with van der Waals surface area (Å²) in [6.45, 7) is 4.54. The van der Waals surface area contributed by atoms with Crippen molar-refractivity contribution in [2.45, 2.75) is 58.8 Å². The first-order valence-corrected chi connectivity index (χ1v) is 9.50. The number of rotatable bonds is 8. The molecule has 0 aliphatic heterocycles. The van der Waals surface area contributed by atoms with Crippen LogP contribution in [-0.2, 0) is 0 Å². The lowest BCUT2D eigenvalue weighted by Crippen LogP contribution is -2.06. The Hall–Kier alpha value is -1.28. The average Bonchev–Trinajstić information content (AvgIpc) is 2.60. The molecule has 0 N–H and O–H groups in total. The van der Waals surface area contributed by atoms with Crippen LogP contribution in [0, 0.1) is 11.7 Å². The van der Waals surface area contributed by atoms with Crippen molar-refractivity contribution in [1.82, 2.24) is 0 Å². The fourth-order valence-corrected chi connectivity index (χ4v) is 3.40. The van der Waals surface area contributed by atoms with Gasteiger partial charge in [0.2, 0.25) is 0 Å². The molecule has 0 saturated heterocycles. The normalized spacial score (nSPS) is 18.0. The van der Waals surface area contributed by atoms with E-state index in [0.29, 0.717) is 23.8 Å². The number of hydrogen-bond donors (Lipinski definition) is 0. The van der Waals surface area contributed by atoms with Gasteiger partial charge in [0.25, 0.3) is 0 Å². The zero-order valence-corrected chi connectivity index (χ0v) is 15.5. The molecule has 24 heavy (non-hydrogen) atoms. The van der Waals surface area contributed by atoms with E-state index in [1.54, 1.807) is 12.1 Å². The molecule has 2 rings (SSSR count). The highest BCUT2D eigenvalue weighted by molar-refractivity contribution is 6.32. The summed E-state index contributed by atoms with van der Waals surface area (Å²) < 4.78 is 19.9. The van der Waals surface area contributed by atoms with Crippen LogP contribution >= 0.6 is 11.6 Å². The van der Waals surface area contributed by atoms with Gasteiger partial charge in [-0.2, -0.15) is 0 Å². The van der Waals surface area contributed by atoms with E-state index >= 15 is 0 Å². The van der Waals surface area contributed by atoms with E-state index in [2.05, 4.69) is 25.2 Å². The molecule has 0 fully saturated rings. The van der Waals surface area contributed by atoms with Crippen LogP contribution in [0.25, 0.3) is 5.57 Å². The number of ether oxygens (including phenoxy) is 1. The summed E-state index contributed by atoms with van der Waals surface area (Å²) >= 11 is 6.10. The highest BCUT2D eigenvalue weighted by Gasteiger charge is 2.19.